The SMILES string of the molecule is CC(C)C(NCC1(O)CCC(C(=O)O)CC1)C(N)=O. The van der Waals surface area contributed by atoms with Gasteiger partial charge in [-0.1, -0.05) is 13.8 Å². The molecule has 19 heavy (non-hydrogen) atoms. The third-order valence-electron chi connectivity index (χ3n) is 3.89. The number of carboxylic acids is 1. The number of carbonyl (C=O) groups excluding carboxylic acids is 1. The summed E-state index contributed by atoms with van der Waals surface area (Å²) in [5.41, 5.74) is 4.36. The van der Waals surface area contributed by atoms with E-state index in [1.165, 1.54) is 0 Å². The molecule has 0 bridgehead atoms. The molecule has 0 aromatic carbocycles. The van der Waals surface area contributed by atoms with Crippen molar-refractivity contribution in [1.82, 2.24) is 5.32 Å². The van der Waals surface area contributed by atoms with Gasteiger partial charge in [-0.3, -0.25) is 9.59 Å². The smallest absolute Gasteiger partial charge is 0.306 e. The van der Waals surface area contributed by atoms with Crippen LogP contribution in [0.3, 0.4) is 0 Å². The highest BCUT2D eigenvalue weighted by molar-refractivity contribution is 5.80. The first-order valence-electron chi connectivity index (χ1n) is 6.73. The molecule has 1 atom stereocenters. The van der Waals surface area contributed by atoms with E-state index in [-0.39, 0.29) is 18.4 Å². The highest BCUT2D eigenvalue weighted by Crippen LogP contribution is 2.32. The summed E-state index contributed by atoms with van der Waals surface area (Å²) in [7, 11) is 0. The van der Waals surface area contributed by atoms with Crippen molar-refractivity contribution < 1.29 is 19.8 Å². The van der Waals surface area contributed by atoms with Crippen LogP contribution in [0.4, 0.5) is 0 Å². The minimum atomic E-state index is -0.936. The number of aliphatic carboxylic acids is 1. The lowest BCUT2D eigenvalue weighted by atomic mass is 9.78. The molecular formula is C13H24N2O4. The number of hydrogen-bond donors (Lipinski definition) is 4. The van der Waals surface area contributed by atoms with E-state index < -0.39 is 23.5 Å². The van der Waals surface area contributed by atoms with Crippen LogP contribution in [0.25, 0.3) is 0 Å². The summed E-state index contributed by atoms with van der Waals surface area (Å²) in [6.07, 6.45) is 1.80. The van der Waals surface area contributed by atoms with Crippen LogP contribution in [0.15, 0.2) is 0 Å². The summed E-state index contributed by atoms with van der Waals surface area (Å²) in [4.78, 5) is 22.1. The van der Waals surface area contributed by atoms with E-state index in [2.05, 4.69) is 5.32 Å². The standard InChI is InChI=1S/C13H24N2O4/c1-8(2)10(11(14)16)15-7-13(19)5-3-9(4-6-13)12(17)18/h8-10,15,19H,3-7H2,1-2H3,(H2,14,16)(H,17,18). The molecule has 1 aliphatic rings. The number of nitrogens with one attached hydrogen (secondary N) is 1. The average molecular weight is 272 g/mol. The number of nitrogens with two attached hydrogens (primary N) is 1. The lowest BCUT2D eigenvalue weighted by Gasteiger charge is -2.36. The predicted molar refractivity (Wildman–Crippen MR) is 70.4 cm³/mol. The van der Waals surface area contributed by atoms with Gasteiger partial charge in [0.2, 0.25) is 5.91 Å². The second-order valence-electron chi connectivity index (χ2n) is 5.84. The molecule has 0 aromatic heterocycles. The van der Waals surface area contributed by atoms with E-state index in [9.17, 15) is 14.7 Å². The molecule has 1 aliphatic carbocycles. The summed E-state index contributed by atoms with van der Waals surface area (Å²) >= 11 is 0. The van der Waals surface area contributed by atoms with Crippen LogP contribution in [0.2, 0.25) is 0 Å². The molecule has 1 amide bonds. The number of carbonyl (C=O) groups is 2. The normalized spacial score (nSPS) is 29.2. The van der Waals surface area contributed by atoms with Crippen molar-refractivity contribution in [2.75, 3.05) is 6.54 Å². The van der Waals surface area contributed by atoms with Crippen molar-refractivity contribution in [1.29, 1.82) is 0 Å². The second-order valence-corrected chi connectivity index (χ2v) is 5.84. The molecule has 110 valence electrons. The summed E-state index contributed by atoms with van der Waals surface area (Å²) in [5, 5.41) is 22.3. The first-order chi connectivity index (χ1) is 8.75. The summed E-state index contributed by atoms with van der Waals surface area (Å²) in [6, 6.07) is -0.471. The van der Waals surface area contributed by atoms with Gasteiger partial charge < -0.3 is 21.3 Å². The fourth-order valence-corrected chi connectivity index (χ4v) is 2.54. The third-order valence-corrected chi connectivity index (χ3v) is 3.89. The fourth-order valence-electron chi connectivity index (χ4n) is 2.54. The molecule has 0 saturated heterocycles. The molecule has 1 rings (SSSR count). The fraction of sp³-hybridized carbons (Fsp3) is 0.846. The molecular weight excluding hydrogens is 248 g/mol. The maximum Gasteiger partial charge on any atom is 0.306 e. The Bertz CT molecular complexity index is 336. The van der Waals surface area contributed by atoms with Crippen LogP contribution in [0, 0.1) is 11.8 Å². The third kappa shape index (κ3) is 4.47. The topological polar surface area (TPSA) is 113 Å². The van der Waals surface area contributed by atoms with Gasteiger partial charge in [-0.2, -0.15) is 0 Å². The maximum absolute atomic E-state index is 11.3. The molecule has 6 heteroatoms. The zero-order valence-electron chi connectivity index (χ0n) is 11.6. The Morgan fingerprint density at radius 1 is 1.37 bits per heavy atom. The van der Waals surface area contributed by atoms with Crippen LogP contribution in [-0.2, 0) is 9.59 Å². The molecule has 0 spiro atoms. The molecule has 0 heterocycles. The number of hydrogen-bond acceptors (Lipinski definition) is 4. The first kappa shape index (κ1) is 15.9. The number of aliphatic hydroxyl groups is 1. The Balaban J connectivity index is 2.49. The molecule has 0 aromatic rings. The zero-order valence-corrected chi connectivity index (χ0v) is 11.6. The van der Waals surface area contributed by atoms with Crippen molar-refractivity contribution in [3.05, 3.63) is 0 Å². The van der Waals surface area contributed by atoms with Gasteiger partial charge in [0.05, 0.1) is 17.6 Å². The lowest BCUT2D eigenvalue weighted by Crippen LogP contribution is -2.52. The average Bonchev–Trinajstić information content (AvgIpc) is 2.28. The van der Waals surface area contributed by atoms with E-state index in [0.29, 0.717) is 25.7 Å². The number of rotatable bonds is 6. The van der Waals surface area contributed by atoms with Gasteiger partial charge in [-0.05, 0) is 31.6 Å². The lowest BCUT2D eigenvalue weighted by molar-refractivity contribution is -0.144. The van der Waals surface area contributed by atoms with Crippen molar-refractivity contribution in [2.24, 2.45) is 17.6 Å². The number of amides is 1. The second kappa shape index (κ2) is 6.34. The molecule has 1 fully saturated rings. The van der Waals surface area contributed by atoms with Gasteiger partial charge in [0, 0.05) is 6.54 Å². The monoisotopic (exact) mass is 272 g/mol. The minimum absolute atomic E-state index is 0.0523. The van der Waals surface area contributed by atoms with Crippen LogP contribution in [-0.4, -0.2) is 40.3 Å². The Labute approximate surface area is 113 Å². The van der Waals surface area contributed by atoms with Crippen LogP contribution >= 0.6 is 0 Å². The zero-order chi connectivity index (χ0) is 14.6. The Hall–Kier alpha value is -1.14. The van der Waals surface area contributed by atoms with Gasteiger partial charge in [0.1, 0.15) is 0 Å². The minimum Gasteiger partial charge on any atom is -0.481 e. The summed E-state index contributed by atoms with van der Waals surface area (Å²) in [5.74, 6) is -1.54. The largest absolute Gasteiger partial charge is 0.481 e. The van der Waals surface area contributed by atoms with E-state index >= 15 is 0 Å². The first-order valence-corrected chi connectivity index (χ1v) is 6.73. The van der Waals surface area contributed by atoms with Crippen molar-refractivity contribution in [3.63, 3.8) is 0 Å². The molecule has 5 N–H and O–H groups in total. The van der Waals surface area contributed by atoms with Crippen molar-refractivity contribution in [3.8, 4) is 0 Å². The number of primary amides is 1. The van der Waals surface area contributed by atoms with E-state index in [0.717, 1.165) is 0 Å². The van der Waals surface area contributed by atoms with E-state index in [4.69, 9.17) is 10.8 Å². The van der Waals surface area contributed by atoms with Crippen LogP contribution < -0.4 is 11.1 Å². The Kier molecular flexibility index (Phi) is 5.31. The molecule has 0 radical (unpaired) electrons. The quantitative estimate of drug-likeness (QED) is 0.547. The predicted octanol–water partition coefficient (Wildman–Crippen LogP) is 0.0918. The van der Waals surface area contributed by atoms with Crippen LogP contribution in [0.5, 0.6) is 0 Å². The van der Waals surface area contributed by atoms with E-state index in [1.54, 1.807) is 0 Å². The Morgan fingerprint density at radius 2 is 1.89 bits per heavy atom. The molecule has 6 nitrogen and oxygen atoms in total. The number of carboxylic acid groups (broad SMARTS) is 1. The van der Waals surface area contributed by atoms with Gasteiger partial charge in [0.25, 0.3) is 0 Å². The molecule has 1 saturated carbocycles. The molecule has 0 aliphatic heterocycles. The van der Waals surface area contributed by atoms with Crippen molar-refractivity contribution in [2.45, 2.75) is 51.2 Å². The molecule has 1 unspecified atom stereocenters. The van der Waals surface area contributed by atoms with Crippen LogP contribution in [0.1, 0.15) is 39.5 Å². The Morgan fingerprint density at radius 3 is 2.26 bits per heavy atom. The van der Waals surface area contributed by atoms with Gasteiger partial charge in [-0.25, -0.2) is 0 Å². The van der Waals surface area contributed by atoms with Gasteiger partial charge >= 0.3 is 5.97 Å². The van der Waals surface area contributed by atoms with Gasteiger partial charge in [0.15, 0.2) is 0 Å². The highest BCUT2D eigenvalue weighted by atomic mass is 16.4. The van der Waals surface area contributed by atoms with Gasteiger partial charge in [-0.15, -0.1) is 0 Å². The van der Waals surface area contributed by atoms with E-state index in [1.807, 2.05) is 13.8 Å². The highest BCUT2D eigenvalue weighted by Gasteiger charge is 2.36. The maximum atomic E-state index is 11.3. The van der Waals surface area contributed by atoms with Crippen molar-refractivity contribution >= 4 is 11.9 Å². The summed E-state index contributed by atoms with van der Waals surface area (Å²) in [6.45, 7) is 4.03. The summed E-state index contributed by atoms with van der Waals surface area (Å²) < 4.78 is 0.